The summed E-state index contributed by atoms with van der Waals surface area (Å²) in [4.78, 5) is 2.40. The number of benzene rings is 1. The summed E-state index contributed by atoms with van der Waals surface area (Å²) in [6.45, 7) is 5.21. The van der Waals surface area contributed by atoms with Gasteiger partial charge in [-0.2, -0.15) is 11.3 Å². The predicted octanol–water partition coefficient (Wildman–Crippen LogP) is 3.53. The number of thiophene rings is 1. The van der Waals surface area contributed by atoms with E-state index in [4.69, 9.17) is 9.47 Å². The van der Waals surface area contributed by atoms with Crippen molar-refractivity contribution in [1.82, 2.24) is 10.2 Å². The number of nitrogens with zero attached hydrogens (tertiary/aromatic N) is 1. The second kappa shape index (κ2) is 9.92. The van der Waals surface area contributed by atoms with Gasteiger partial charge in [0.05, 0.1) is 0 Å². The molecule has 0 atom stereocenters. The maximum absolute atomic E-state index is 5.96. The molecule has 1 N–H and O–H groups in total. The van der Waals surface area contributed by atoms with Crippen molar-refractivity contribution in [3.05, 3.63) is 52.2 Å². The molecule has 0 unspecified atom stereocenters. The quantitative estimate of drug-likeness (QED) is 0.742. The molecule has 0 amide bonds. The summed E-state index contributed by atoms with van der Waals surface area (Å²) in [6, 6.07) is 11.2. The third kappa shape index (κ3) is 6.12. The molecule has 0 bridgehead atoms. The van der Waals surface area contributed by atoms with E-state index in [0.29, 0.717) is 6.04 Å². The Labute approximate surface area is 154 Å². The molecule has 0 radical (unpaired) electrons. The minimum Gasteiger partial charge on any atom is -0.492 e. The lowest BCUT2D eigenvalue weighted by molar-refractivity contribution is 0.0392. The van der Waals surface area contributed by atoms with Crippen molar-refractivity contribution in [3.8, 4) is 5.75 Å². The van der Waals surface area contributed by atoms with Crippen LogP contribution in [0.4, 0.5) is 0 Å². The van der Waals surface area contributed by atoms with E-state index >= 15 is 0 Å². The van der Waals surface area contributed by atoms with E-state index in [0.717, 1.165) is 58.0 Å². The third-order valence-electron chi connectivity index (χ3n) is 4.66. The van der Waals surface area contributed by atoms with Crippen LogP contribution in [0.25, 0.3) is 0 Å². The number of ether oxygens (including phenoxy) is 2. The van der Waals surface area contributed by atoms with Crippen LogP contribution in [-0.2, 0) is 17.8 Å². The van der Waals surface area contributed by atoms with Crippen molar-refractivity contribution in [3.63, 3.8) is 0 Å². The summed E-state index contributed by atoms with van der Waals surface area (Å²) < 4.78 is 11.4. The zero-order chi connectivity index (χ0) is 17.3. The van der Waals surface area contributed by atoms with Gasteiger partial charge in [-0.05, 0) is 60.0 Å². The minimum atomic E-state index is 0.630. The standard InChI is InChI=1S/C20H28N2O2S/c1-22(19-5-9-23-10-6-19)8-11-24-20-4-2-3-17(13-20)14-21-15-18-7-12-25-16-18/h2-4,7,12-13,16,19,21H,5-6,8-11,14-15H2,1H3. The molecule has 2 aromatic rings. The molecule has 5 heteroatoms. The highest BCUT2D eigenvalue weighted by molar-refractivity contribution is 7.07. The molecule has 4 nitrogen and oxygen atoms in total. The van der Waals surface area contributed by atoms with Gasteiger partial charge in [-0.25, -0.2) is 0 Å². The van der Waals surface area contributed by atoms with Crippen molar-refractivity contribution in [2.45, 2.75) is 32.0 Å². The van der Waals surface area contributed by atoms with Gasteiger partial charge < -0.3 is 14.8 Å². The van der Waals surface area contributed by atoms with Gasteiger partial charge in [0.25, 0.3) is 0 Å². The van der Waals surface area contributed by atoms with Gasteiger partial charge in [-0.1, -0.05) is 12.1 Å². The van der Waals surface area contributed by atoms with Gasteiger partial charge in [0.1, 0.15) is 12.4 Å². The van der Waals surface area contributed by atoms with Crippen LogP contribution in [0, 0.1) is 0 Å². The molecule has 0 spiro atoms. The van der Waals surface area contributed by atoms with E-state index in [1.165, 1.54) is 11.1 Å². The van der Waals surface area contributed by atoms with Gasteiger partial charge in [0, 0.05) is 38.9 Å². The van der Waals surface area contributed by atoms with Gasteiger partial charge in [0.15, 0.2) is 0 Å². The monoisotopic (exact) mass is 360 g/mol. The van der Waals surface area contributed by atoms with E-state index in [9.17, 15) is 0 Å². The molecule has 1 aromatic heterocycles. The lowest BCUT2D eigenvalue weighted by atomic mass is 10.1. The zero-order valence-corrected chi connectivity index (χ0v) is 15.8. The van der Waals surface area contributed by atoms with E-state index < -0.39 is 0 Å². The van der Waals surface area contributed by atoms with Crippen LogP contribution in [0.1, 0.15) is 24.0 Å². The van der Waals surface area contributed by atoms with Crippen molar-refractivity contribution >= 4 is 11.3 Å². The Balaban J connectivity index is 1.38. The topological polar surface area (TPSA) is 33.7 Å². The average molecular weight is 361 g/mol. The summed E-state index contributed by atoms with van der Waals surface area (Å²) in [5.41, 5.74) is 2.60. The molecule has 1 saturated heterocycles. The first-order chi connectivity index (χ1) is 12.3. The molecule has 3 rings (SSSR count). The van der Waals surface area contributed by atoms with Crippen LogP contribution in [0.2, 0.25) is 0 Å². The van der Waals surface area contributed by atoms with Gasteiger partial charge in [-0.3, -0.25) is 4.90 Å². The Morgan fingerprint density at radius 1 is 1.20 bits per heavy atom. The normalized spacial score (nSPS) is 15.6. The van der Waals surface area contributed by atoms with Crippen molar-refractivity contribution in [2.75, 3.05) is 33.4 Å². The lowest BCUT2D eigenvalue weighted by Crippen LogP contribution is -2.38. The van der Waals surface area contributed by atoms with Crippen molar-refractivity contribution in [2.24, 2.45) is 0 Å². The predicted molar refractivity (Wildman–Crippen MR) is 103 cm³/mol. The maximum atomic E-state index is 5.96. The Morgan fingerprint density at radius 3 is 2.84 bits per heavy atom. The molecular formula is C20H28N2O2S. The fourth-order valence-corrected chi connectivity index (χ4v) is 3.77. The fraction of sp³-hybridized carbons (Fsp3) is 0.500. The molecule has 136 valence electrons. The van der Waals surface area contributed by atoms with Gasteiger partial charge in [-0.15, -0.1) is 0 Å². The number of nitrogens with one attached hydrogen (secondary N) is 1. The largest absolute Gasteiger partial charge is 0.492 e. The van der Waals surface area contributed by atoms with E-state index in [1.54, 1.807) is 11.3 Å². The molecule has 0 aliphatic carbocycles. The summed E-state index contributed by atoms with van der Waals surface area (Å²) in [5, 5.41) is 7.78. The Bertz CT molecular complexity index is 612. The minimum absolute atomic E-state index is 0.630. The summed E-state index contributed by atoms with van der Waals surface area (Å²) in [5.74, 6) is 0.954. The van der Waals surface area contributed by atoms with Crippen molar-refractivity contribution < 1.29 is 9.47 Å². The molecule has 1 aliphatic rings. The van der Waals surface area contributed by atoms with Crippen LogP contribution >= 0.6 is 11.3 Å². The number of rotatable bonds is 9. The summed E-state index contributed by atoms with van der Waals surface area (Å²) in [6.07, 6.45) is 2.25. The fourth-order valence-electron chi connectivity index (χ4n) is 3.11. The second-order valence-electron chi connectivity index (χ2n) is 6.56. The molecule has 1 aliphatic heterocycles. The first kappa shape index (κ1) is 18.4. The molecule has 1 fully saturated rings. The van der Waals surface area contributed by atoms with Crippen molar-refractivity contribution in [1.29, 1.82) is 0 Å². The molecule has 0 saturated carbocycles. The Kier molecular flexibility index (Phi) is 7.30. The van der Waals surface area contributed by atoms with Crippen LogP contribution in [0.3, 0.4) is 0 Å². The zero-order valence-electron chi connectivity index (χ0n) is 14.9. The molecule has 2 heterocycles. The van der Waals surface area contributed by atoms with Crippen LogP contribution in [0.15, 0.2) is 41.1 Å². The first-order valence-electron chi connectivity index (χ1n) is 9.03. The maximum Gasteiger partial charge on any atom is 0.119 e. The van der Waals surface area contributed by atoms with E-state index in [-0.39, 0.29) is 0 Å². The highest BCUT2D eigenvalue weighted by atomic mass is 32.1. The highest BCUT2D eigenvalue weighted by Crippen LogP contribution is 2.15. The van der Waals surface area contributed by atoms with E-state index in [1.807, 2.05) is 6.07 Å². The summed E-state index contributed by atoms with van der Waals surface area (Å²) in [7, 11) is 2.18. The average Bonchev–Trinajstić information content (AvgIpc) is 3.16. The SMILES string of the molecule is CN(CCOc1cccc(CNCc2ccsc2)c1)C1CCOCC1. The smallest absolute Gasteiger partial charge is 0.119 e. The lowest BCUT2D eigenvalue weighted by Gasteiger charge is -2.31. The summed E-state index contributed by atoms with van der Waals surface area (Å²) >= 11 is 1.74. The Morgan fingerprint density at radius 2 is 2.04 bits per heavy atom. The van der Waals surface area contributed by atoms with Crippen LogP contribution in [-0.4, -0.2) is 44.4 Å². The number of hydrogen-bond donors (Lipinski definition) is 1. The van der Waals surface area contributed by atoms with Crippen LogP contribution in [0.5, 0.6) is 5.75 Å². The molecule has 1 aromatic carbocycles. The van der Waals surface area contributed by atoms with Crippen LogP contribution < -0.4 is 10.1 Å². The third-order valence-corrected chi connectivity index (χ3v) is 5.40. The first-order valence-corrected chi connectivity index (χ1v) is 9.97. The number of hydrogen-bond acceptors (Lipinski definition) is 5. The Hall–Kier alpha value is -1.40. The van der Waals surface area contributed by atoms with E-state index in [2.05, 4.69) is 52.3 Å². The highest BCUT2D eigenvalue weighted by Gasteiger charge is 2.17. The number of likely N-dealkylation sites (N-methyl/N-ethyl adjacent to an activating group) is 1. The molecular weight excluding hydrogens is 332 g/mol. The van der Waals surface area contributed by atoms with Gasteiger partial charge in [0.2, 0.25) is 0 Å². The van der Waals surface area contributed by atoms with Gasteiger partial charge >= 0.3 is 0 Å². The second-order valence-corrected chi connectivity index (χ2v) is 7.34. The molecule has 25 heavy (non-hydrogen) atoms.